The van der Waals surface area contributed by atoms with Gasteiger partial charge in [-0.3, -0.25) is 4.79 Å². The van der Waals surface area contributed by atoms with Gasteiger partial charge in [0.2, 0.25) is 5.24 Å². The van der Waals surface area contributed by atoms with Gasteiger partial charge < -0.3 is 5.32 Å². The van der Waals surface area contributed by atoms with Gasteiger partial charge in [0.05, 0.1) is 5.92 Å². The van der Waals surface area contributed by atoms with E-state index in [0.29, 0.717) is 5.69 Å². The summed E-state index contributed by atoms with van der Waals surface area (Å²) in [5.41, 5.74) is 0.389. The highest BCUT2D eigenvalue weighted by Gasteiger charge is 2.33. The van der Waals surface area contributed by atoms with Gasteiger partial charge in [-0.05, 0) is 29.3 Å². The van der Waals surface area contributed by atoms with Crippen molar-refractivity contribution in [2.75, 3.05) is 5.32 Å². The molecule has 0 bridgehead atoms. The number of halogens is 4. The van der Waals surface area contributed by atoms with Crippen LogP contribution >= 0.6 is 22.9 Å². The van der Waals surface area contributed by atoms with Crippen molar-refractivity contribution in [1.82, 2.24) is 4.98 Å². The lowest BCUT2D eigenvalue weighted by molar-refractivity contribution is -0.140. The Hall–Kier alpha value is -1.60. The van der Waals surface area contributed by atoms with Crippen LogP contribution in [-0.2, 0) is 11.0 Å². The summed E-state index contributed by atoms with van der Waals surface area (Å²) >= 11 is 6.28. The number of nitrogens with zero attached hydrogens (tertiary/aromatic N) is 1. The number of benzene rings is 1. The van der Waals surface area contributed by atoms with Gasteiger partial charge in [-0.15, -0.1) is 11.3 Å². The van der Waals surface area contributed by atoms with Crippen LogP contribution in [0.15, 0.2) is 29.6 Å². The lowest BCUT2D eigenvalue weighted by Gasteiger charge is -2.08. The normalized spacial score (nSPS) is 13.0. The zero-order valence-corrected chi connectivity index (χ0v) is 12.3. The molecule has 1 heterocycles. The van der Waals surface area contributed by atoms with E-state index in [4.69, 9.17) is 11.6 Å². The molecule has 8 heteroatoms. The van der Waals surface area contributed by atoms with Gasteiger partial charge in [0, 0.05) is 11.1 Å². The Balaban J connectivity index is 2.10. The molecule has 0 radical (unpaired) electrons. The molecule has 1 aromatic heterocycles. The summed E-state index contributed by atoms with van der Waals surface area (Å²) in [5.74, 6) is -0.433. The lowest BCUT2D eigenvalue weighted by atomic mass is 10.0. The third-order valence-corrected chi connectivity index (χ3v) is 3.88. The van der Waals surface area contributed by atoms with Crippen LogP contribution in [0.1, 0.15) is 24.1 Å². The Kier molecular flexibility index (Phi) is 4.53. The van der Waals surface area contributed by atoms with Crippen LogP contribution in [0, 0.1) is 0 Å². The summed E-state index contributed by atoms with van der Waals surface area (Å²) in [4.78, 5) is 14.5. The zero-order chi connectivity index (χ0) is 15.6. The predicted octanol–water partition coefficient (Wildman–Crippen LogP) is 4.77. The van der Waals surface area contributed by atoms with Gasteiger partial charge in [0.15, 0.2) is 10.8 Å². The number of thiazole rings is 1. The van der Waals surface area contributed by atoms with E-state index in [2.05, 4.69) is 10.3 Å². The van der Waals surface area contributed by atoms with Crippen LogP contribution in [0.3, 0.4) is 0 Å². The molecule has 2 aromatic rings. The molecule has 1 aromatic carbocycles. The van der Waals surface area contributed by atoms with Crippen molar-refractivity contribution in [2.24, 2.45) is 0 Å². The molecule has 0 saturated heterocycles. The molecule has 1 atom stereocenters. The second-order valence-electron chi connectivity index (χ2n) is 4.31. The second kappa shape index (κ2) is 6.03. The topological polar surface area (TPSA) is 42.0 Å². The van der Waals surface area contributed by atoms with Crippen LogP contribution in [0.5, 0.6) is 0 Å². The van der Waals surface area contributed by atoms with Gasteiger partial charge >= 0.3 is 6.18 Å². The molecule has 0 aliphatic heterocycles. The maximum Gasteiger partial charge on any atom is 0.434 e. The zero-order valence-electron chi connectivity index (χ0n) is 10.7. The Bertz CT molecular complexity index is 640. The van der Waals surface area contributed by atoms with Crippen LogP contribution in [0.2, 0.25) is 0 Å². The maximum absolute atomic E-state index is 12.4. The third-order valence-electron chi connectivity index (χ3n) is 2.80. The predicted molar refractivity (Wildman–Crippen MR) is 76.1 cm³/mol. The average Bonchev–Trinajstić information content (AvgIpc) is 2.87. The van der Waals surface area contributed by atoms with E-state index in [1.54, 1.807) is 31.2 Å². The molecule has 0 amide bonds. The van der Waals surface area contributed by atoms with Crippen molar-refractivity contribution in [2.45, 2.75) is 19.0 Å². The van der Waals surface area contributed by atoms with E-state index < -0.39 is 23.0 Å². The summed E-state index contributed by atoms with van der Waals surface area (Å²) in [6, 6.07) is 6.68. The monoisotopic (exact) mass is 334 g/mol. The molecular weight excluding hydrogens is 325 g/mol. The fraction of sp³-hybridized carbons (Fsp3) is 0.231. The molecule has 0 spiro atoms. The highest BCUT2D eigenvalue weighted by molar-refractivity contribution is 7.13. The first-order valence-corrected chi connectivity index (χ1v) is 7.12. The van der Waals surface area contributed by atoms with Crippen molar-refractivity contribution in [3.8, 4) is 0 Å². The van der Waals surface area contributed by atoms with Crippen molar-refractivity contribution in [3.05, 3.63) is 40.9 Å². The molecule has 0 fully saturated rings. The molecular formula is C13H10ClF3N2OS. The third kappa shape index (κ3) is 3.95. The minimum Gasteiger partial charge on any atom is -0.332 e. The summed E-state index contributed by atoms with van der Waals surface area (Å²) < 4.78 is 37.3. The molecule has 2 rings (SSSR count). The number of hydrogen-bond acceptors (Lipinski definition) is 4. The Morgan fingerprint density at radius 2 is 1.95 bits per heavy atom. The Morgan fingerprint density at radius 1 is 1.33 bits per heavy atom. The number of nitrogens with one attached hydrogen (secondary N) is 1. The SMILES string of the molecule is CC(C(=O)Cl)c1ccc(Nc2nc(C(F)(F)F)cs2)cc1. The molecule has 112 valence electrons. The standard InChI is InChI=1S/C13H10ClF3N2OS/c1-7(11(14)20)8-2-4-9(5-3-8)18-12-19-10(6-21-12)13(15,16)17/h2-7H,1H3,(H,18,19). The molecule has 1 unspecified atom stereocenters. The summed E-state index contributed by atoms with van der Waals surface area (Å²) in [7, 11) is 0. The van der Waals surface area contributed by atoms with Gasteiger partial charge in [0.1, 0.15) is 0 Å². The Labute approximate surface area is 127 Å². The molecule has 0 aliphatic carbocycles. The number of carbonyl (C=O) groups is 1. The van der Waals surface area contributed by atoms with Gasteiger partial charge in [0.25, 0.3) is 0 Å². The summed E-state index contributed by atoms with van der Waals surface area (Å²) in [6.07, 6.45) is -4.45. The minimum absolute atomic E-state index is 0.150. The number of anilines is 2. The van der Waals surface area contributed by atoms with Crippen molar-refractivity contribution >= 4 is 39.0 Å². The number of aromatic nitrogens is 1. The number of alkyl halides is 3. The fourth-order valence-corrected chi connectivity index (χ4v) is 2.43. The van der Waals surface area contributed by atoms with Crippen molar-refractivity contribution < 1.29 is 18.0 Å². The van der Waals surface area contributed by atoms with Gasteiger partial charge in [-0.2, -0.15) is 13.2 Å². The number of rotatable bonds is 4. The van der Waals surface area contributed by atoms with E-state index in [0.717, 1.165) is 22.3 Å². The summed E-state index contributed by atoms with van der Waals surface area (Å²) in [5, 5.41) is 3.41. The highest BCUT2D eigenvalue weighted by Crippen LogP contribution is 2.32. The first-order valence-electron chi connectivity index (χ1n) is 5.86. The van der Waals surface area contributed by atoms with E-state index >= 15 is 0 Å². The van der Waals surface area contributed by atoms with Gasteiger partial charge in [-0.1, -0.05) is 19.1 Å². The molecule has 1 N–H and O–H groups in total. The average molecular weight is 335 g/mol. The number of hydrogen-bond donors (Lipinski definition) is 1. The first kappa shape index (κ1) is 15.8. The molecule has 0 aliphatic rings. The molecule has 0 saturated carbocycles. The van der Waals surface area contributed by atoms with Gasteiger partial charge in [-0.25, -0.2) is 4.98 Å². The van der Waals surface area contributed by atoms with Crippen LogP contribution in [-0.4, -0.2) is 10.2 Å². The fourth-order valence-electron chi connectivity index (χ4n) is 1.57. The Morgan fingerprint density at radius 3 is 2.43 bits per heavy atom. The summed E-state index contributed by atoms with van der Waals surface area (Å²) in [6.45, 7) is 1.67. The van der Waals surface area contributed by atoms with Crippen LogP contribution in [0.4, 0.5) is 24.0 Å². The highest BCUT2D eigenvalue weighted by atomic mass is 35.5. The quantitative estimate of drug-likeness (QED) is 0.818. The first-order chi connectivity index (χ1) is 9.77. The van der Waals surface area contributed by atoms with Crippen LogP contribution < -0.4 is 5.32 Å². The van der Waals surface area contributed by atoms with E-state index in [-0.39, 0.29) is 5.13 Å². The number of carbonyl (C=O) groups excluding carboxylic acids is 1. The van der Waals surface area contributed by atoms with E-state index in [1.165, 1.54) is 0 Å². The van der Waals surface area contributed by atoms with E-state index in [1.807, 2.05) is 0 Å². The molecule has 21 heavy (non-hydrogen) atoms. The largest absolute Gasteiger partial charge is 0.434 e. The minimum atomic E-state index is -4.45. The lowest BCUT2D eigenvalue weighted by Crippen LogP contribution is -2.05. The van der Waals surface area contributed by atoms with Crippen molar-refractivity contribution in [1.29, 1.82) is 0 Å². The maximum atomic E-state index is 12.4. The second-order valence-corrected chi connectivity index (χ2v) is 5.54. The van der Waals surface area contributed by atoms with Crippen molar-refractivity contribution in [3.63, 3.8) is 0 Å². The van der Waals surface area contributed by atoms with Crippen LogP contribution in [0.25, 0.3) is 0 Å². The molecule has 3 nitrogen and oxygen atoms in total. The van der Waals surface area contributed by atoms with E-state index in [9.17, 15) is 18.0 Å². The smallest absolute Gasteiger partial charge is 0.332 e.